The lowest BCUT2D eigenvalue weighted by Crippen LogP contribution is -2.02. The summed E-state index contributed by atoms with van der Waals surface area (Å²) in [7, 11) is 0. The van der Waals surface area contributed by atoms with Gasteiger partial charge in [0.05, 0.1) is 34.7 Å². The van der Waals surface area contributed by atoms with Gasteiger partial charge in [0, 0.05) is 40.7 Å². The number of nitrogens with zero attached hydrogens (tertiary/aromatic N) is 4. The topological polar surface area (TPSA) is 54.1 Å². The van der Waals surface area contributed by atoms with Crippen molar-refractivity contribution in [1.82, 2.24) is 19.3 Å². The molecule has 0 aliphatic rings. The maximum atomic E-state index is 6.56. The Balaban J connectivity index is 1.29. The zero-order valence-corrected chi connectivity index (χ0v) is 28.0. The minimum atomic E-state index is 0.596. The van der Waals surface area contributed by atoms with Gasteiger partial charge in [-0.25, -0.2) is 9.67 Å². The van der Waals surface area contributed by atoms with Gasteiger partial charge in [-0.1, -0.05) is 50.2 Å². The molecule has 0 radical (unpaired) electrons. The fourth-order valence-electron chi connectivity index (χ4n) is 6.66. The summed E-state index contributed by atoms with van der Waals surface area (Å²) in [6, 6.07) is 31.4. The number of fused-ring (bicyclic) bond motifs is 3. The van der Waals surface area contributed by atoms with E-state index in [9.17, 15) is 0 Å². The summed E-state index contributed by atoms with van der Waals surface area (Å²) in [5.41, 5.74) is 11.8. The summed E-state index contributed by atoms with van der Waals surface area (Å²) in [4.78, 5) is 4.72. The van der Waals surface area contributed by atoms with Crippen molar-refractivity contribution in [2.24, 2.45) is 0 Å². The van der Waals surface area contributed by atoms with Crippen LogP contribution >= 0.6 is 0 Å². The highest BCUT2D eigenvalue weighted by Crippen LogP contribution is 2.37. The highest BCUT2D eigenvalue weighted by molar-refractivity contribution is 6.09. The van der Waals surface area contributed by atoms with Crippen molar-refractivity contribution in [3.63, 3.8) is 0 Å². The van der Waals surface area contributed by atoms with Gasteiger partial charge in [0.2, 0.25) is 0 Å². The van der Waals surface area contributed by atoms with Crippen molar-refractivity contribution in [1.29, 1.82) is 0 Å². The van der Waals surface area contributed by atoms with Crippen LogP contribution in [0.2, 0.25) is 0 Å². The van der Waals surface area contributed by atoms with Crippen LogP contribution in [0.4, 0.5) is 0 Å². The summed E-state index contributed by atoms with van der Waals surface area (Å²) < 4.78 is 16.6. The molecule has 0 bridgehead atoms. The number of hydrogen-bond donors (Lipinski definition) is 0. The first kappa shape index (κ1) is 30.3. The first-order valence-electron chi connectivity index (χ1n) is 16.5. The van der Waals surface area contributed by atoms with Crippen LogP contribution in [0.1, 0.15) is 48.8 Å². The smallest absolute Gasteiger partial charge is 0.141 e. The minimum Gasteiger partial charge on any atom is -0.494 e. The van der Waals surface area contributed by atoms with Gasteiger partial charge in [0.25, 0.3) is 0 Å². The van der Waals surface area contributed by atoms with E-state index in [2.05, 4.69) is 105 Å². The average molecular weight is 621 g/mol. The number of para-hydroxylation sites is 1. The molecule has 236 valence electrons. The molecule has 3 heterocycles. The number of hydrogen-bond acceptors (Lipinski definition) is 4. The Morgan fingerprint density at radius 2 is 1.45 bits per heavy atom. The fraction of sp³-hybridized carbons (Fsp3) is 0.220. The van der Waals surface area contributed by atoms with Gasteiger partial charge in [-0.3, -0.25) is 4.57 Å². The second kappa shape index (κ2) is 12.4. The molecule has 0 saturated carbocycles. The second-order valence-corrected chi connectivity index (χ2v) is 12.0. The van der Waals surface area contributed by atoms with Crippen LogP contribution in [0.25, 0.3) is 44.4 Å². The lowest BCUT2D eigenvalue weighted by atomic mass is 9.94. The molecule has 0 amide bonds. The van der Waals surface area contributed by atoms with E-state index in [4.69, 9.17) is 19.6 Å². The average Bonchev–Trinajstić information content (AvgIpc) is 3.63. The Hall–Kier alpha value is -5.36. The predicted octanol–water partition coefficient (Wildman–Crippen LogP) is 10.3. The van der Waals surface area contributed by atoms with Gasteiger partial charge < -0.3 is 9.47 Å². The highest BCUT2D eigenvalue weighted by Gasteiger charge is 2.20. The molecule has 0 unspecified atom stereocenters. The zero-order valence-electron chi connectivity index (χ0n) is 28.0. The van der Waals surface area contributed by atoms with Crippen LogP contribution in [0, 0.1) is 20.8 Å². The summed E-state index contributed by atoms with van der Waals surface area (Å²) in [5.74, 6) is 3.09. The number of ether oxygens (including phenoxy) is 2. The molecule has 7 aromatic rings. The molecule has 0 aliphatic carbocycles. The molecule has 6 nitrogen and oxygen atoms in total. The molecule has 3 aromatic heterocycles. The minimum absolute atomic E-state index is 0.596. The van der Waals surface area contributed by atoms with Crippen LogP contribution in [0.3, 0.4) is 0 Å². The van der Waals surface area contributed by atoms with Gasteiger partial charge in [-0.15, -0.1) is 0 Å². The molecular weight excluding hydrogens is 580 g/mol. The van der Waals surface area contributed by atoms with Crippen molar-refractivity contribution >= 4 is 21.8 Å². The molecule has 0 fully saturated rings. The Morgan fingerprint density at radius 3 is 2.21 bits per heavy atom. The van der Waals surface area contributed by atoms with Crippen molar-refractivity contribution in [2.75, 3.05) is 6.61 Å². The van der Waals surface area contributed by atoms with Gasteiger partial charge >= 0.3 is 0 Å². The monoisotopic (exact) mass is 620 g/mol. The Kier molecular flexibility index (Phi) is 8.02. The van der Waals surface area contributed by atoms with Gasteiger partial charge in [0.1, 0.15) is 23.1 Å². The Morgan fingerprint density at radius 1 is 0.681 bits per heavy atom. The summed E-state index contributed by atoms with van der Waals surface area (Å²) in [6.07, 6.45) is 3.51. The SMILES string of the molecule is CCOc1ccnc(-n2c3ccccc3c3ccc(Oc4cccc(-n5nc(CC)c(-c6cc(C)c(C)c(C)c6)c5CC)c4)cc32)c1. The summed E-state index contributed by atoms with van der Waals surface area (Å²) >= 11 is 0. The van der Waals surface area contributed by atoms with E-state index in [1.807, 2.05) is 37.3 Å². The summed E-state index contributed by atoms with van der Waals surface area (Å²) in [5, 5.41) is 7.44. The van der Waals surface area contributed by atoms with Crippen LogP contribution in [-0.2, 0) is 12.8 Å². The highest BCUT2D eigenvalue weighted by atomic mass is 16.5. The molecule has 0 spiro atoms. The maximum Gasteiger partial charge on any atom is 0.141 e. The number of aryl methyl sites for hydroxylation is 3. The Bertz CT molecular complexity index is 2240. The van der Waals surface area contributed by atoms with Crippen LogP contribution in [-0.4, -0.2) is 25.9 Å². The molecule has 0 atom stereocenters. The number of benzene rings is 4. The first-order valence-corrected chi connectivity index (χ1v) is 16.5. The standard InChI is InChI=1S/C41H40N4O2/c1-7-36-41(29-21-26(4)28(6)27(5)22-29)37(8-2)45(43-36)30-13-12-14-32(23-30)47-33-17-18-35-34-15-10-11-16-38(34)44(39(35)24-33)40-25-31(46-9-3)19-20-42-40/h10-25H,7-9H2,1-6H3. The van der Waals surface area contributed by atoms with Gasteiger partial charge in [-0.05, 0) is 99.2 Å². The van der Waals surface area contributed by atoms with Crippen LogP contribution in [0.15, 0.2) is 97.2 Å². The molecule has 6 heteroatoms. The largest absolute Gasteiger partial charge is 0.494 e. The Labute approximate surface area is 276 Å². The third-order valence-corrected chi connectivity index (χ3v) is 9.14. The number of aromatic nitrogens is 4. The van der Waals surface area contributed by atoms with E-state index in [1.165, 1.54) is 33.5 Å². The molecule has 0 N–H and O–H groups in total. The number of pyridine rings is 1. The third kappa shape index (κ3) is 5.44. The first-order chi connectivity index (χ1) is 22.9. The lowest BCUT2D eigenvalue weighted by Gasteiger charge is -2.13. The van der Waals surface area contributed by atoms with Crippen molar-refractivity contribution < 1.29 is 9.47 Å². The molecule has 0 aliphatic heterocycles. The molecule has 7 rings (SSSR count). The lowest BCUT2D eigenvalue weighted by molar-refractivity contribution is 0.340. The predicted molar refractivity (Wildman–Crippen MR) is 192 cm³/mol. The van der Waals surface area contributed by atoms with Crippen LogP contribution in [0.5, 0.6) is 17.2 Å². The maximum absolute atomic E-state index is 6.56. The van der Waals surface area contributed by atoms with Gasteiger partial charge in [-0.2, -0.15) is 5.10 Å². The molecule has 0 saturated heterocycles. The van der Waals surface area contributed by atoms with Crippen molar-refractivity contribution in [2.45, 2.75) is 54.4 Å². The van der Waals surface area contributed by atoms with Crippen molar-refractivity contribution in [3.05, 3.63) is 125 Å². The van der Waals surface area contributed by atoms with E-state index in [0.717, 1.165) is 69.1 Å². The van der Waals surface area contributed by atoms with Crippen LogP contribution < -0.4 is 9.47 Å². The fourth-order valence-corrected chi connectivity index (χ4v) is 6.66. The van der Waals surface area contributed by atoms with Crippen molar-refractivity contribution in [3.8, 4) is 39.9 Å². The van der Waals surface area contributed by atoms with E-state index >= 15 is 0 Å². The normalized spacial score (nSPS) is 11.4. The van der Waals surface area contributed by atoms with E-state index < -0.39 is 0 Å². The third-order valence-electron chi connectivity index (χ3n) is 9.14. The molecule has 47 heavy (non-hydrogen) atoms. The molecular formula is C41H40N4O2. The van der Waals surface area contributed by atoms with E-state index in [-0.39, 0.29) is 0 Å². The van der Waals surface area contributed by atoms with Gasteiger partial charge in [0.15, 0.2) is 0 Å². The summed E-state index contributed by atoms with van der Waals surface area (Å²) in [6.45, 7) is 13.6. The number of rotatable bonds is 9. The van der Waals surface area contributed by atoms with E-state index in [0.29, 0.717) is 6.61 Å². The zero-order chi connectivity index (χ0) is 32.7. The second-order valence-electron chi connectivity index (χ2n) is 12.0. The quantitative estimate of drug-likeness (QED) is 0.161. The molecule has 4 aromatic carbocycles. The van der Waals surface area contributed by atoms with E-state index in [1.54, 1.807) is 6.20 Å².